The van der Waals surface area contributed by atoms with Crippen LogP contribution in [-0.4, -0.2) is 23.5 Å². The number of nitrogens with one attached hydrogen (secondary N) is 3. The molecule has 0 bridgehead atoms. The highest BCUT2D eigenvalue weighted by molar-refractivity contribution is 7.80. The Morgan fingerprint density at radius 1 is 1.00 bits per heavy atom. The molecule has 0 aliphatic carbocycles. The monoisotopic (exact) mass is 343 g/mol. The Hall–Kier alpha value is -2.93. The lowest BCUT2D eigenvalue weighted by Crippen LogP contribution is -2.49. The van der Waals surface area contributed by atoms with Gasteiger partial charge in [-0.05, 0) is 43.4 Å². The van der Waals surface area contributed by atoms with Crippen LogP contribution in [0.25, 0.3) is 0 Å². The fraction of sp³-hybridized carbons (Fsp3) is 0.118. The highest BCUT2D eigenvalue weighted by Crippen LogP contribution is 2.07. The number of rotatable bonds is 4. The van der Waals surface area contributed by atoms with Gasteiger partial charge in [-0.2, -0.15) is 0 Å². The molecule has 0 aliphatic rings. The predicted molar refractivity (Wildman–Crippen MR) is 94.5 cm³/mol. The highest BCUT2D eigenvalue weighted by Gasteiger charge is 2.08. The molecule has 0 atom stereocenters. The Kier molecular flexibility index (Phi) is 6.27. The summed E-state index contributed by atoms with van der Waals surface area (Å²) in [5.41, 5.74) is 6.42. The molecule has 0 aromatic heterocycles. The van der Waals surface area contributed by atoms with Crippen molar-refractivity contribution in [2.24, 2.45) is 0 Å². The average molecular weight is 343 g/mol. The molecule has 0 heterocycles. The molecular formula is C17H17N3O3S. The van der Waals surface area contributed by atoms with Crippen LogP contribution in [0.4, 0.5) is 0 Å². The molecule has 0 fully saturated rings. The van der Waals surface area contributed by atoms with Crippen LogP contribution in [-0.2, 0) is 4.79 Å². The molecule has 2 amide bonds. The first-order chi connectivity index (χ1) is 11.5. The molecule has 0 aliphatic heterocycles. The van der Waals surface area contributed by atoms with Gasteiger partial charge in [-0.25, -0.2) is 0 Å². The smallest absolute Gasteiger partial charge is 0.269 e. The summed E-state index contributed by atoms with van der Waals surface area (Å²) in [5, 5.41) is 2.39. The van der Waals surface area contributed by atoms with E-state index in [-0.39, 0.29) is 17.6 Å². The second-order valence-electron chi connectivity index (χ2n) is 4.92. The van der Waals surface area contributed by atoms with Crippen LogP contribution in [0.5, 0.6) is 5.75 Å². The second-order valence-corrected chi connectivity index (χ2v) is 5.33. The number of hydrazine groups is 1. The van der Waals surface area contributed by atoms with E-state index in [0.29, 0.717) is 11.3 Å². The van der Waals surface area contributed by atoms with Crippen molar-refractivity contribution in [1.29, 1.82) is 0 Å². The number of aryl methyl sites for hydroxylation is 1. The third-order valence-electron chi connectivity index (χ3n) is 2.97. The van der Waals surface area contributed by atoms with E-state index < -0.39 is 5.91 Å². The zero-order valence-electron chi connectivity index (χ0n) is 13.0. The van der Waals surface area contributed by atoms with Crippen LogP contribution in [0.3, 0.4) is 0 Å². The zero-order valence-corrected chi connectivity index (χ0v) is 13.9. The molecule has 3 N–H and O–H groups in total. The minimum absolute atomic E-state index is 0.0166. The maximum absolute atomic E-state index is 11.9. The lowest BCUT2D eigenvalue weighted by molar-refractivity contribution is -0.121. The molecule has 2 rings (SSSR count). The van der Waals surface area contributed by atoms with Gasteiger partial charge in [-0.15, -0.1) is 0 Å². The number of carbonyl (C=O) groups is 2. The predicted octanol–water partition coefficient (Wildman–Crippen LogP) is 1.71. The van der Waals surface area contributed by atoms with Crippen molar-refractivity contribution in [1.82, 2.24) is 16.2 Å². The molecular weight excluding hydrogens is 326 g/mol. The summed E-state index contributed by atoms with van der Waals surface area (Å²) >= 11 is 4.94. The number of carbonyl (C=O) groups excluding carboxylic acids is 2. The summed E-state index contributed by atoms with van der Waals surface area (Å²) < 4.78 is 5.29. The van der Waals surface area contributed by atoms with Gasteiger partial charge in [-0.3, -0.25) is 25.8 Å². The minimum atomic E-state index is -0.430. The molecule has 0 unspecified atom stereocenters. The van der Waals surface area contributed by atoms with Crippen molar-refractivity contribution in [2.45, 2.75) is 6.92 Å². The maximum Gasteiger partial charge on any atom is 0.269 e. The van der Waals surface area contributed by atoms with Gasteiger partial charge in [-0.1, -0.05) is 35.9 Å². The number of amides is 2. The van der Waals surface area contributed by atoms with Gasteiger partial charge in [0.15, 0.2) is 11.7 Å². The SMILES string of the molecule is Cc1ccc(C(=O)NNC(=S)NC(=O)COc2ccccc2)cc1. The van der Waals surface area contributed by atoms with Gasteiger partial charge in [0, 0.05) is 5.56 Å². The number of hydrogen-bond donors (Lipinski definition) is 3. The second kappa shape index (κ2) is 8.64. The van der Waals surface area contributed by atoms with Crippen LogP contribution in [0.2, 0.25) is 0 Å². The normalized spacial score (nSPS) is 9.71. The van der Waals surface area contributed by atoms with E-state index in [1.54, 1.807) is 36.4 Å². The Bertz CT molecular complexity index is 718. The number of thiocarbonyl (C=S) groups is 1. The van der Waals surface area contributed by atoms with E-state index in [0.717, 1.165) is 5.56 Å². The maximum atomic E-state index is 11.9. The summed E-state index contributed by atoms with van der Waals surface area (Å²) in [6, 6.07) is 16.0. The van der Waals surface area contributed by atoms with E-state index in [1.165, 1.54) is 0 Å². The molecule has 2 aromatic carbocycles. The van der Waals surface area contributed by atoms with Crippen molar-refractivity contribution in [3.05, 3.63) is 65.7 Å². The van der Waals surface area contributed by atoms with E-state index in [1.807, 2.05) is 25.1 Å². The Morgan fingerprint density at radius 3 is 2.33 bits per heavy atom. The number of benzene rings is 2. The fourth-order valence-corrected chi connectivity index (χ4v) is 1.92. The zero-order chi connectivity index (χ0) is 17.4. The number of hydrogen-bond acceptors (Lipinski definition) is 4. The number of para-hydroxylation sites is 1. The molecule has 124 valence electrons. The van der Waals surface area contributed by atoms with E-state index in [4.69, 9.17) is 17.0 Å². The van der Waals surface area contributed by atoms with Crippen LogP contribution in [0.15, 0.2) is 54.6 Å². The van der Waals surface area contributed by atoms with Crippen LogP contribution >= 0.6 is 12.2 Å². The first-order valence-corrected chi connectivity index (χ1v) is 7.60. The van der Waals surface area contributed by atoms with Crippen LogP contribution < -0.4 is 20.9 Å². The summed E-state index contributed by atoms with van der Waals surface area (Å²) in [6.07, 6.45) is 0. The molecule has 0 spiro atoms. The van der Waals surface area contributed by atoms with E-state index in [2.05, 4.69) is 16.2 Å². The largest absolute Gasteiger partial charge is 0.484 e. The van der Waals surface area contributed by atoms with Crippen molar-refractivity contribution >= 4 is 29.1 Å². The molecule has 0 radical (unpaired) electrons. The quantitative estimate of drug-likeness (QED) is 0.582. The van der Waals surface area contributed by atoms with Gasteiger partial charge >= 0.3 is 0 Å². The van der Waals surface area contributed by atoms with Crippen molar-refractivity contribution in [3.8, 4) is 5.75 Å². The van der Waals surface area contributed by atoms with Crippen molar-refractivity contribution in [2.75, 3.05) is 6.61 Å². The number of ether oxygens (including phenoxy) is 1. The summed E-state index contributed by atoms with van der Waals surface area (Å²) in [6.45, 7) is 1.75. The first-order valence-electron chi connectivity index (χ1n) is 7.19. The third kappa shape index (κ3) is 5.69. The standard InChI is InChI=1S/C17H17N3O3S/c1-12-7-9-13(10-8-12)16(22)19-20-17(24)18-15(21)11-23-14-5-3-2-4-6-14/h2-10H,11H2,1H3,(H,19,22)(H2,18,20,21,24). The lowest BCUT2D eigenvalue weighted by atomic mass is 10.1. The molecule has 2 aromatic rings. The minimum Gasteiger partial charge on any atom is -0.484 e. The Balaban J connectivity index is 1.71. The van der Waals surface area contributed by atoms with Crippen molar-refractivity contribution in [3.63, 3.8) is 0 Å². The van der Waals surface area contributed by atoms with Gasteiger partial charge in [0.2, 0.25) is 0 Å². The summed E-state index contributed by atoms with van der Waals surface area (Å²) in [5.74, 6) is -0.202. The summed E-state index contributed by atoms with van der Waals surface area (Å²) in [4.78, 5) is 23.6. The molecule has 0 saturated carbocycles. The average Bonchev–Trinajstić information content (AvgIpc) is 2.59. The van der Waals surface area contributed by atoms with Gasteiger partial charge in [0.05, 0.1) is 0 Å². The Labute approximate surface area is 145 Å². The molecule has 24 heavy (non-hydrogen) atoms. The van der Waals surface area contributed by atoms with E-state index >= 15 is 0 Å². The van der Waals surface area contributed by atoms with Gasteiger partial charge in [0.1, 0.15) is 5.75 Å². The van der Waals surface area contributed by atoms with E-state index in [9.17, 15) is 9.59 Å². The van der Waals surface area contributed by atoms with Gasteiger partial charge in [0.25, 0.3) is 11.8 Å². The third-order valence-corrected chi connectivity index (χ3v) is 3.17. The Morgan fingerprint density at radius 2 is 1.67 bits per heavy atom. The van der Waals surface area contributed by atoms with Crippen molar-refractivity contribution < 1.29 is 14.3 Å². The summed E-state index contributed by atoms with van der Waals surface area (Å²) in [7, 11) is 0. The molecule has 7 heteroatoms. The highest BCUT2D eigenvalue weighted by atomic mass is 32.1. The van der Waals surface area contributed by atoms with Crippen LogP contribution in [0.1, 0.15) is 15.9 Å². The molecule has 0 saturated heterocycles. The topological polar surface area (TPSA) is 79.5 Å². The van der Waals surface area contributed by atoms with Crippen LogP contribution in [0, 0.1) is 6.92 Å². The first kappa shape index (κ1) is 17.4. The lowest BCUT2D eigenvalue weighted by Gasteiger charge is -2.11. The van der Waals surface area contributed by atoms with Gasteiger partial charge < -0.3 is 4.74 Å². The molecule has 6 nitrogen and oxygen atoms in total. The fourth-order valence-electron chi connectivity index (χ4n) is 1.75.